The topological polar surface area (TPSA) is 141 Å². The lowest BCUT2D eigenvalue weighted by atomic mass is 10.1. The van der Waals surface area contributed by atoms with E-state index < -0.39 is 23.6 Å². The van der Waals surface area contributed by atoms with Gasteiger partial charge in [-0.3, -0.25) is 19.4 Å². The molecule has 0 aromatic carbocycles. The third kappa shape index (κ3) is 3.66. The average Bonchev–Trinajstić information content (AvgIpc) is 3.32. The number of aromatic nitrogens is 2. The SMILES string of the molecule is NC(=O)C(=O)C(Cc1ccco1)NC(=O)c1ocnc1-c1ccccn1. The number of nitrogens with one attached hydrogen (secondary N) is 1. The van der Waals surface area contributed by atoms with E-state index >= 15 is 0 Å². The van der Waals surface area contributed by atoms with Gasteiger partial charge in [0, 0.05) is 12.6 Å². The van der Waals surface area contributed by atoms with Crippen LogP contribution in [-0.2, 0) is 16.0 Å². The summed E-state index contributed by atoms with van der Waals surface area (Å²) in [5.41, 5.74) is 5.71. The number of amides is 2. The molecule has 0 bridgehead atoms. The first-order valence-electron chi connectivity index (χ1n) is 7.58. The Hall–Kier alpha value is -3.75. The van der Waals surface area contributed by atoms with Gasteiger partial charge in [0.05, 0.1) is 12.0 Å². The molecule has 3 rings (SSSR count). The van der Waals surface area contributed by atoms with Crippen molar-refractivity contribution in [2.45, 2.75) is 12.5 Å². The summed E-state index contributed by atoms with van der Waals surface area (Å²) in [4.78, 5) is 44.0. The molecule has 0 saturated heterocycles. The highest BCUT2D eigenvalue weighted by Gasteiger charge is 2.29. The Morgan fingerprint density at radius 1 is 1.12 bits per heavy atom. The van der Waals surface area contributed by atoms with Gasteiger partial charge in [0.15, 0.2) is 6.39 Å². The molecule has 0 fully saturated rings. The maximum atomic E-state index is 12.6. The van der Waals surface area contributed by atoms with Crippen molar-refractivity contribution in [3.8, 4) is 11.4 Å². The van der Waals surface area contributed by atoms with Gasteiger partial charge in [-0.25, -0.2) is 4.98 Å². The summed E-state index contributed by atoms with van der Waals surface area (Å²) in [5.74, 6) is -2.56. The van der Waals surface area contributed by atoms with Crippen molar-refractivity contribution in [3.05, 3.63) is 60.7 Å². The third-order valence-corrected chi connectivity index (χ3v) is 3.53. The van der Waals surface area contributed by atoms with Gasteiger partial charge in [0.25, 0.3) is 11.8 Å². The van der Waals surface area contributed by atoms with Gasteiger partial charge in [-0.15, -0.1) is 0 Å². The van der Waals surface area contributed by atoms with Crippen LogP contribution < -0.4 is 11.1 Å². The van der Waals surface area contributed by atoms with E-state index in [1.165, 1.54) is 6.26 Å². The van der Waals surface area contributed by atoms with Crippen LogP contribution in [0.4, 0.5) is 0 Å². The molecule has 1 atom stereocenters. The molecule has 26 heavy (non-hydrogen) atoms. The first kappa shape index (κ1) is 17.1. The van der Waals surface area contributed by atoms with Crippen molar-refractivity contribution >= 4 is 17.6 Å². The number of oxazole rings is 1. The molecule has 0 saturated carbocycles. The molecule has 0 spiro atoms. The van der Waals surface area contributed by atoms with Crippen molar-refractivity contribution in [2.24, 2.45) is 5.73 Å². The Morgan fingerprint density at radius 3 is 2.62 bits per heavy atom. The highest BCUT2D eigenvalue weighted by molar-refractivity contribution is 6.38. The minimum atomic E-state index is -1.20. The van der Waals surface area contributed by atoms with Crippen molar-refractivity contribution in [3.63, 3.8) is 0 Å². The minimum Gasteiger partial charge on any atom is -0.469 e. The molecular formula is C17H14N4O5. The number of hydrogen-bond donors (Lipinski definition) is 2. The summed E-state index contributed by atoms with van der Waals surface area (Å²) in [6.45, 7) is 0. The fourth-order valence-electron chi connectivity index (χ4n) is 2.33. The molecule has 0 aliphatic carbocycles. The summed E-state index contributed by atoms with van der Waals surface area (Å²) in [6, 6.07) is 7.14. The Bertz CT molecular complexity index is 918. The summed E-state index contributed by atoms with van der Waals surface area (Å²) in [6.07, 6.45) is 4.02. The van der Waals surface area contributed by atoms with Crippen molar-refractivity contribution < 1.29 is 23.2 Å². The number of ketones is 1. The third-order valence-electron chi connectivity index (χ3n) is 3.53. The number of nitrogens with zero attached hydrogens (tertiary/aromatic N) is 2. The van der Waals surface area contributed by atoms with E-state index in [0.29, 0.717) is 11.5 Å². The summed E-state index contributed by atoms with van der Waals surface area (Å²) in [5, 5.41) is 2.44. The first-order chi connectivity index (χ1) is 12.6. The van der Waals surface area contributed by atoms with Crippen molar-refractivity contribution in [2.75, 3.05) is 0 Å². The molecule has 132 valence electrons. The fourth-order valence-corrected chi connectivity index (χ4v) is 2.33. The number of carbonyl (C=O) groups is 3. The molecule has 3 N–H and O–H groups in total. The van der Waals surface area contributed by atoms with E-state index in [2.05, 4.69) is 15.3 Å². The van der Waals surface area contributed by atoms with Crippen LogP contribution in [0.15, 0.2) is 58.0 Å². The predicted molar refractivity (Wildman–Crippen MR) is 87.6 cm³/mol. The van der Waals surface area contributed by atoms with E-state index in [1.54, 1.807) is 36.5 Å². The molecular weight excluding hydrogens is 340 g/mol. The number of rotatable bonds is 7. The number of carbonyl (C=O) groups excluding carboxylic acids is 3. The largest absolute Gasteiger partial charge is 0.469 e. The molecule has 3 aromatic heterocycles. The van der Waals surface area contributed by atoms with E-state index in [4.69, 9.17) is 14.6 Å². The zero-order valence-corrected chi connectivity index (χ0v) is 13.4. The van der Waals surface area contributed by atoms with Gasteiger partial charge in [-0.05, 0) is 24.3 Å². The van der Waals surface area contributed by atoms with Crippen LogP contribution in [0.5, 0.6) is 0 Å². The van der Waals surface area contributed by atoms with E-state index in [9.17, 15) is 14.4 Å². The highest BCUT2D eigenvalue weighted by atomic mass is 16.4. The van der Waals surface area contributed by atoms with Gasteiger partial charge in [-0.2, -0.15) is 0 Å². The number of Topliss-reactive ketones (excluding diaryl/α,β-unsaturated/α-hetero) is 1. The van der Waals surface area contributed by atoms with E-state index in [-0.39, 0.29) is 17.9 Å². The molecule has 2 amide bonds. The molecule has 9 nitrogen and oxygen atoms in total. The predicted octanol–water partition coefficient (Wildman–Crippen LogP) is 0.725. The Morgan fingerprint density at radius 2 is 1.96 bits per heavy atom. The zero-order valence-electron chi connectivity index (χ0n) is 13.4. The van der Waals surface area contributed by atoms with Gasteiger partial charge in [-0.1, -0.05) is 6.07 Å². The number of furan rings is 1. The monoisotopic (exact) mass is 354 g/mol. The van der Waals surface area contributed by atoms with Crippen LogP contribution in [0.3, 0.4) is 0 Å². The van der Waals surface area contributed by atoms with Crippen molar-refractivity contribution in [1.82, 2.24) is 15.3 Å². The Kier molecular flexibility index (Phi) is 4.88. The van der Waals surface area contributed by atoms with Crippen LogP contribution in [0.1, 0.15) is 16.3 Å². The molecule has 1 unspecified atom stereocenters. The number of hydrogen-bond acceptors (Lipinski definition) is 7. The maximum Gasteiger partial charge on any atom is 0.290 e. The Labute approximate surface area is 147 Å². The van der Waals surface area contributed by atoms with E-state index in [0.717, 1.165) is 6.39 Å². The fraction of sp³-hybridized carbons (Fsp3) is 0.118. The zero-order chi connectivity index (χ0) is 18.5. The molecule has 3 aromatic rings. The summed E-state index contributed by atoms with van der Waals surface area (Å²) >= 11 is 0. The Balaban J connectivity index is 1.83. The molecule has 0 radical (unpaired) electrons. The van der Waals surface area contributed by atoms with Gasteiger partial charge >= 0.3 is 0 Å². The second-order valence-electron chi connectivity index (χ2n) is 5.28. The normalized spacial score (nSPS) is 11.7. The lowest BCUT2D eigenvalue weighted by Crippen LogP contribution is -2.47. The van der Waals surface area contributed by atoms with Gasteiger partial charge < -0.3 is 19.9 Å². The molecule has 0 aliphatic heterocycles. The lowest BCUT2D eigenvalue weighted by molar-refractivity contribution is -0.137. The van der Waals surface area contributed by atoms with Crippen LogP contribution in [0.25, 0.3) is 11.4 Å². The minimum absolute atomic E-state index is 0.0342. The van der Waals surface area contributed by atoms with E-state index in [1.807, 2.05) is 0 Å². The first-order valence-corrected chi connectivity index (χ1v) is 7.58. The van der Waals surface area contributed by atoms with Gasteiger partial charge in [0.2, 0.25) is 11.5 Å². The highest BCUT2D eigenvalue weighted by Crippen LogP contribution is 2.19. The van der Waals surface area contributed by atoms with Gasteiger partial charge in [0.1, 0.15) is 17.5 Å². The second-order valence-corrected chi connectivity index (χ2v) is 5.28. The van der Waals surface area contributed by atoms with Crippen LogP contribution in [0, 0.1) is 0 Å². The smallest absolute Gasteiger partial charge is 0.290 e. The standard InChI is InChI=1S/C17H14N4O5/c18-16(23)14(22)12(8-10-4-3-7-25-10)21-17(24)15-13(20-9-26-15)11-5-1-2-6-19-11/h1-7,9,12H,8H2,(H2,18,23)(H,21,24). The quantitative estimate of drug-likeness (QED) is 0.595. The lowest BCUT2D eigenvalue weighted by Gasteiger charge is -2.14. The van der Waals surface area contributed by atoms with Crippen LogP contribution >= 0.6 is 0 Å². The number of nitrogens with two attached hydrogens (primary N) is 1. The maximum absolute atomic E-state index is 12.6. The molecule has 3 heterocycles. The molecule has 0 aliphatic rings. The van der Waals surface area contributed by atoms with Crippen LogP contribution in [-0.4, -0.2) is 33.6 Å². The van der Waals surface area contributed by atoms with Crippen molar-refractivity contribution in [1.29, 1.82) is 0 Å². The molecule has 9 heteroatoms. The number of pyridine rings is 1. The summed E-state index contributed by atoms with van der Waals surface area (Å²) < 4.78 is 10.3. The number of primary amides is 1. The average molecular weight is 354 g/mol. The van der Waals surface area contributed by atoms with Crippen LogP contribution in [0.2, 0.25) is 0 Å². The summed E-state index contributed by atoms with van der Waals surface area (Å²) in [7, 11) is 0. The second kappa shape index (κ2) is 7.43.